The maximum atomic E-state index is 11.7. The Labute approximate surface area is 92.2 Å². The average Bonchev–Trinajstić information content (AvgIpc) is 2.86. The zero-order chi connectivity index (χ0) is 11.4. The van der Waals surface area contributed by atoms with Crippen LogP contribution in [0.1, 0.15) is 27.2 Å². The maximum absolute atomic E-state index is 11.7. The molecular weight excluding hydrogens is 188 g/mol. The first-order chi connectivity index (χ1) is 7.06. The van der Waals surface area contributed by atoms with Crippen LogP contribution in [0.25, 0.3) is 0 Å². The molecule has 0 saturated heterocycles. The lowest BCUT2D eigenvalue weighted by Gasteiger charge is -2.26. The normalized spacial score (nSPS) is 23.4. The van der Waals surface area contributed by atoms with Crippen molar-refractivity contribution < 1.29 is 4.79 Å². The third kappa shape index (κ3) is 3.47. The summed E-state index contributed by atoms with van der Waals surface area (Å²) in [7, 11) is 0. The summed E-state index contributed by atoms with van der Waals surface area (Å²) in [4.78, 5) is 13.6. The second-order valence-corrected chi connectivity index (χ2v) is 4.58. The van der Waals surface area contributed by atoms with E-state index in [2.05, 4.69) is 18.2 Å². The summed E-state index contributed by atoms with van der Waals surface area (Å²) in [6.45, 7) is 7.45. The second kappa shape index (κ2) is 5.06. The number of rotatable bonds is 4. The molecule has 1 aliphatic rings. The maximum Gasteiger partial charge on any atom is 0.318 e. The lowest BCUT2D eigenvalue weighted by molar-refractivity contribution is 0.180. The summed E-state index contributed by atoms with van der Waals surface area (Å²) in [6, 6.07) is 0.192. The topological polar surface area (TPSA) is 32.3 Å². The first kappa shape index (κ1) is 11.9. The molecule has 1 rings (SSSR count). The van der Waals surface area contributed by atoms with Gasteiger partial charge in [-0.1, -0.05) is 12.8 Å². The van der Waals surface area contributed by atoms with Gasteiger partial charge in [-0.3, -0.25) is 0 Å². The predicted octanol–water partition coefficient (Wildman–Crippen LogP) is 1.70. The van der Waals surface area contributed by atoms with Crippen molar-refractivity contribution in [3.63, 3.8) is 0 Å². The fraction of sp³-hybridized carbons (Fsp3) is 0.750. The monoisotopic (exact) mass is 208 g/mol. The van der Waals surface area contributed by atoms with Gasteiger partial charge >= 0.3 is 6.03 Å². The van der Waals surface area contributed by atoms with Gasteiger partial charge in [0.05, 0.1) is 6.54 Å². The van der Waals surface area contributed by atoms with Gasteiger partial charge in [0.1, 0.15) is 0 Å². The molecule has 0 spiro atoms. The van der Waals surface area contributed by atoms with Crippen molar-refractivity contribution in [1.29, 1.82) is 0 Å². The van der Waals surface area contributed by atoms with Gasteiger partial charge in [0.2, 0.25) is 0 Å². The number of carbonyl (C=O) groups is 1. The molecule has 2 amide bonds. The van der Waals surface area contributed by atoms with E-state index in [9.17, 15) is 4.79 Å². The van der Waals surface area contributed by atoms with Crippen molar-refractivity contribution in [2.45, 2.75) is 33.2 Å². The zero-order valence-electron chi connectivity index (χ0n) is 9.79. The highest BCUT2D eigenvalue weighted by Crippen LogP contribution is 2.38. The summed E-state index contributed by atoms with van der Waals surface area (Å²) in [6.07, 6.45) is 6.35. The van der Waals surface area contributed by atoms with Gasteiger partial charge in [-0.2, -0.15) is 0 Å². The van der Waals surface area contributed by atoms with Crippen LogP contribution in [0, 0.1) is 24.2 Å². The van der Waals surface area contributed by atoms with Crippen molar-refractivity contribution in [2.75, 3.05) is 13.1 Å². The molecule has 0 aliphatic heterocycles. The Bertz CT molecular complexity index is 267. The molecule has 0 aromatic carbocycles. The van der Waals surface area contributed by atoms with Gasteiger partial charge in [0.15, 0.2) is 0 Å². The van der Waals surface area contributed by atoms with E-state index in [1.165, 1.54) is 6.42 Å². The van der Waals surface area contributed by atoms with E-state index in [-0.39, 0.29) is 12.1 Å². The van der Waals surface area contributed by atoms with Crippen LogP contribution in [0.4, 0.5) is 4.79 Å². The van der Waals surface area contributed by atoms with Crippen LogP contribution >= 0.6 is 0 Å². The molecule has 2 unspecified atom stereocenters. The number of nitrogens with zero attached hydrogens (tertiary/aromatic N) is 1. The van der Waals surface area contributed by atoms with Gasteiger partial charge in [-0.05, 0) is 32.1 Å². The van der Waals surface area contributed by atoms with Crippen LogP contribution in [0.3, 0.4) is 0 Å². The minimum atomic E-state index is -0.0398. The van der Waals surface area contributed by atoms with E-state index in [0.717, 1.165) is 12.5 Å². The first-order valence-corrected chi connectivity index (χ1v) is 5.54. The van der Waals surface area contributed by atoms with Crippen LogP contribution < -0.4 is 5.32 Å². The van der Waals surface area contributed by atoms with Crippen molar-refractivity contribution in [2.24, 2.45) is 11.8 Å². The van der Waals surface area contributed by atoms with Gasteiger partial charge in [0.25, 0.3) is 0 Å². The molecule has 0 aromatic heterocycles. The number of terminal acetylenes is 1. The molecule has 3 nitrogen and oxygen atoms in total. The number of urea groups is 1. The fourth-order valence-electron chi connectivity index (χ4n) is 1.66. The highest BCUT2D eigenvalue weighted by molar-refractivity contribution is 5.74. The first-order valence-electron chi connectivity index (χ1n) is 5.54. The predicted molar refractivity (Wildman–Crippen MR) is 61.3 cm³/mol. The number of nitrogens with one attached hydrogen (secondary N) is 1. The summed E-state index contributed by atoms with van der Waals surface area (Å²) in [5, 5.41) is 2.71. The van der Waals surface area contributed by atoms with Gasteiger partial charge in [-0.25, -0.2) is 4.79 Å². The van der Waals surface area contributed by atoms with Crippen LogP contribution in [-0.2, 0) is 0 Å². The fourth-order valence-corrected chi connectivity index (χ4v) is 1.66. The molecule has 0 radical (unpaired) electrons. The lowest BCUT2D eigenvalue weighted by Crippen LogP contribution is -2.45. The summed E-state index contributed by atoms with van der Waals surface area (Å²) >= 11 is 0. The lowest BCUT2D eigenvalue weighted by atomic mass is 10.2. The van der Waals surface area contributed by atoms with Crippen molar-refractivity contribution in [3.8, 4) is 12.3 Å². The average molecular weight is 208 g/mol. The number of hydrogen-bond donors (Lipinski definition) is 1. The molecule has 0 aromatic rings. The van der Waals surface area contributed by atoms with Crippen LogP contribution in [-0.4, -0.2) is 30.1 Å². The Morgan fingerprint density at radius 1 is 1.67 bits per heavy atom. The Balaban J connectivity index is 2.42. The Morgan fingerprint density at radius 3 is 2.67 bits per heavy atom. The third-order valence-corrected chi connectivity index (χ3v) is 2.93. The zero-order valence-corrected chi connectivity index (χ0v) is 9.79. The van der Waals surface area contributed by atoms with Gasteiger partial charge in [0, 0.05) is 12.6 Å². The molecule has 2 atom stereocenters. The summed E-state index contributed by atoms with van der Waals surface area (Å²) < 4.78 is 0. The summed E-state index contributed by atoms with van der Waals surface area (Å²) in [5.41, 5.74) is 0. The number of amides is 2. The molecule has 0 heterocycles. The minimum Gasteiger partial charge on any atom is -0.327 e. The number of hydrogen-bond acceptors (Lipinski definition) is 1. The van der Waals surface area contributed by atoms with Crippen molar-refractivity contribution in [3.05, 3.63) is 0 Å². The van der Waals surface area contributed by atoms with E-state index < -0.39 is 0 Å². The molecule has 15 heavy (non-hydrogen) atoms. The van der Waals surface area contributed by atoms with E-state index in [0.29, 0.717) is 12.5 Å². The minimum absolute atomic E-state index is 0.0398. The largest absolute Gasteiger partial charge is 0.327 e. The molecule has 1 fully saturated rings. The Morgan fingerprint density at radius 2 is 2.27 bits per heavy atom. The van der Waals surface area contributed by atoms with Gasteiger partial charge in [-0.15, -0.1) is 6.42 Å². The second-order valence-electron chi connectivity index (χ2n) is 4.58. The van der Waals surface area contributed by atoms with Crippen LogP contribution in [0.2, 0.25) is 0 Å². The van der Waals surface area contributed by atoms with Crippen LogP contribution in [0.5, 0.6) is 0 Å². The molecule has 0 bridgehead atoms. The molecule has 1 saturated carbocycles. The standard InChI is InChI=1S/C12H20N2O/c1-5-6-13-12(15)14(9(2)3)8-11-7-10(11)4/h1,9-11H,6-8H2,2-4H3,(H,13,15). The molecular formula is C12H20N2O. The van der Waals surface area contributed by atoms with E-state index >= 15 is 0 Å². The summed E-state index contributed by atoms with van der Waals surface area (Å²) in [5.74, 6) is 3.87. The molecule has 3 heteroatoms. The quantitative estimate of drug-likeness (QED) is 0.701. The SMILES string of the molecule is C#CCNC(=O)N(CC1CC1C)C(C)C. The Kier molecular flexibility index (Phi) is 4.02. The number of carbonyl (C=O) groups excluding carboxylic acids is 1. The molecule has 1 aliphatic carbocycles. The highest BCUT2D eigenvalue weighted by Gasteiger charge is 2.35. The van der Waals surface area contributed by atoms with Crippen molar-refractivity contribution >= 4 is 6.03 Å². The van der Waals surface area contributed by atoms with Gasteiger partial charge < -0.3 is 10.2 Å². The molecule has 84 valence electrons. The van der Waals surface area contributed by atoms with E-state index in [4.69, 9.17) is 6.42 Å². The smallest absolute Gasteiger partial charge is 0.318 e. The van der Waals surface area contributed by atoms with E-state index in [1.54, 1.807) is 0 Å². The molecule has 1 N–H and O–H groups in total. The van der Waals surface area contributed by atoms with E-state index in [1.807, 2.05) is 18.7 Å². The highest BCUT2D eigenvalue weighted by atomic mass is 16.2. The third-order valence-electron chi connectivity index (χ3n) is 2.93. The Hall–Kier alpha value is -1.17. The van der Waals surface area contributed by atoms with Crippen LogP contribution in [0.15, 0.2) is 0 Å². The van der Waals surface area contributed by atoms with Crippen molar-refractivity contribution in [1.82, 2.24) is 10.2 Å².